The van der Waals surface area contributed by atoms with Crippen molar-refractivity contribution in [2.24, 2.45) is 0 Å². The normalized spacial score (nSPS) is 12.4. The van der Waals surface area contributed by atoms with Gasteiger partial charge in [-0.25, -0.2) is 0 Å². The number of aryl methyl sites for hydroxylation is 1. The molecular weight excluding hydrogens is 1260 g/mol. The molecule has 9 aromatic rings. The van der Waals surface area contributed by atoms with Crippen molar-refractivity contribution in [3.05, 3.63) is 268 Å². The highest BCUT2D eigenvalue weighted by molar-refractivity contribution is 14.0. The van der Waals surface area contributed by atoms with Gasteiger partial charge >= 0.3 is 18.5 Å². The molecule has 0 aliphatic heterocycles. The van der Waals surface area contributed by atoms with Gasteiger partial charge < -0.3 is 16.0 Å². The lowest BCUT2D eigenvalue weighted by atomic mass is 9.99. The lowest BCUT2D eigenvalue weighted by molar-refractivity contribution is -0.138. The monoisotopic (exact) mass is 1330 g/mol. The minimum Gasteiger partial charge on any atom is -0.310 e. The van der Waals surface area contributed by atoms with Gasteiger partial charge in [-0.3, -0.25) is 0 Å². The minimum atomic E-state index is -4.31. The number of rotatable bonds is 15. The number of hydrogen-bond donors (Lipinski definition) is 3. The van der Waals surface area contributed by atoms with E-state index in [0.717, 1.165) is 55.4 Å². The highest BCUT2D eigenvalue weighted by Crippen LogP contribution is 2.33. The average Bonchev–Trinajstić information content (AvgIpc) is 3.51. The van der Waals surface area contributed by atoms with Gasteiger partial charge in [0.25, 0.3) is 0 Å². The first-order valence-electron chi connectivity index (χ1n) is 25.8. The number of nitrogens with one attached hydrogen (secondary N) is 3. The molecule has 436 valence electrons. The van der Waals surface area contributed by atoms with Gasteiger partial charge in [-0.1, -0.05) is 205 Å². The van der Waals surface area contributed by atoms with Crippen molar-refractivity contribution >= 4 is 90.7 Å². The largest absolute Gasteiger partial charge is 0.416 e. The molecule has 0 heterocycles. The van der Waals surface area contributed by atoms with E-state index in [4.69, 9.17) is 0 Å². The average molecular weight is 1330 g/mol. The molecule has 0 amide bonds. The maximum Gasteiger partial charge on any atom is 0.416 e. The number of fused-ring (bicyclic) bond motifs is 3. The molecule has 9 rings (SSSR count). The standard InChI is InChI=1S/C22H22F3N.C22H20F3N.C15H17N.C7H4BrF3.CH4.ClH.HI/c2*1-16(20-13-5-10-18-9-2-3-12-21(18)20)26-14-6-8-17-7-4-11-19(15-17)22(23,24)25;1-3-11-16-12(2)14-10-6-8-13-7-4-5-9-15(13)14;8-6-3-1-2-5(4-6)7(9,10)11;;;/h2-5,7,9-13,15-16,26H,6,8,14H2,1H3;2-13,15-16,26H,14H2,1H3;3-10,12,16H,1,11H2,2H3;1-4H;1H4;2*1H/b;8-6+;;;;;/t2*16-;12-;;;;/m111..../s1. The fraction of sp³-hybridized carbons (Fsp3) is 0.224. The van der Waals surface area contributed by atoms with Crippen molar-refractivity contribution in [1.82, 2.24) is 16.0 Å². The van der Waals surface area contributed by atoms with Crippen LogP contribution in [0.4, 0.5) is 39.5 Å². The van der Waals surface area contributed by atoms with Crippen molar-refractivity contribution in [3.8, 4) is 0 Å². The first kappa shape index (κ1) is 70.3. The van der Waals surface area contributed by atoms with Gasteiger partial charge in [0.2, 0.25) is 0 Å². The number of halogens is 12. The zero-order valence-corrected chi connectivity index (χ0v) is 49.6. The summed E-state index contributed by atoms with van der Waals surface area (Å²) in [7, 11) is 0. The molecule has 3 N–H and O–H groups in total. The van der Waals surface area contributed by atoms with E-state index in [1.807, 2.05) is 42.5 Å². The summed E-state index contributed by atoms with van der Waals surface area (Å²) in [4.78, 5) is 0. The Balaban J connectivity index is 0.000000297. The highest BCUT2D eigenvalue weighted by atomic mass is 127. The van der Waals surface area contributed by atoms with Crippen LogP contribution in [0.15, 0.2) is 223 Å². The maximum absolute atomic E-state index is 12.8. The van der Waals surface area contributed by atoms with Crippen molar-refractivity contribution in [2.45, 2.75) is 77.7 Å². The molecule has 0 fully saturated rings. The van der Waals surface area contributed by atoms with Crippen LogP contribution in [-0.4, -0.2) is 19.6 Å². The molecule has 82 heavy (non-hydrogen) atoms. The molecule has 9 aromatic carbocycles. The summed E-state index contributed by atoms with van der Waals surface area (Å²) in [6.45, 7) is 12.3. The van der Waals surface area contributed by atoms with Crippen LogP contribution in [0.25, 0.3) is 38.4 Å². The second-order valence-corrected chi connectivity index (χ2v) is 19.7. The van der Waals surface area contributed by atoms with Crippen molar-refractivity contribution in [3.63, 3.8) is 0 Å². The Morgan fingerprint density at radius 2 is 0.841 bits per heavy atom. The van der Waals surface area contributed by atoms with Crippen LogP contribution in [0, 0.1) is 0 Å². The van der Waals surface area contributed by atoms with Gasteiger partial charge in [0.15, 0.2) is 0 Å². The van der Waals surface area contributed by atoms with Gasteiger partial charge in [-0.15, -0.1) is 43.0 Å². The van der Waals surface area contributed by atoms with Crippen LogP contribution in [0.1, 0.15) is 97.3 Å². The summed E-state index contributed by atoms with van der Waals surface area (Å²) in [5, 5.41) is 17.8. The summed E-state index contributed by atoms with van der Waals surface area (Å²) in [6.07, 6.45) is -5.99. The summed E-state index contributed by atoms with van der Waals surface area (Å²) in [5.41, 5.74) is 3.22. The number of benzene rings is 9. The third-order valence-electron chi connectivity index (χ3n) is 13.0. The first-order valence-corrected chi connectivity index (χ1v) is 26.6. The fourth-order valence-corrected chi connectivity index (χ4v) is 9.31. The van der Waals surface area contributed by atoms with Gasteiger partial charge in [0, 0.05) is 35.7 Å². The Bertz CT molecular complexity index is 3380. The van der Waals surface area contributed by atoms with E-state index in [1.165, 1.54) is 73.3 Å². The first-order chi connectivity index (χ1) is 37.7. The van der Waals surface area contributed by atoms with Crippen molar-refractivity contribution in [2.75, 3.05) is 19.6 Å². The SMILES string of the molecule is C.C=CCN[C@H](C)c1cccc2ccccc12.C[C@@H](NC/C=C/c1cccc(C(F)(F)F)c1)c1cccc2ccccc12.C[C@@H](NCCCc1cccc(C(F)(F)F)c1)c1cccc2ccccc12.Cl.FC(F)(F)c1cccc(Br)c1.I. The van der Waals surface area contributed by atoms with Crippen LogP contribution in [0.5, 0.6) is 0 Å². The van der Waals surface area contributed by atoms with Crippen LogP contribution in [-0.2, 0) is 24.9 Å². The summed E-state index contributed by atoms with van der Waals surface area (Å²) in [5.74, 6) is 0. The fourth-order valence-electron chi connectivity index (χ4n) is 8.91. The Kier molecular flexibility index (Phi) is 29.1. The Hall–Kier alpha value is -6.01. The second kappa shape index (κ2) is 33.9. The van der Waals surface area contributed by atoms with Gasteiger partial charge in [-0.05, 0) is 137 Å². The molecule has 0 saturated carbocycles. The van der Waals surface area contributed by atoms with E-state index >= 15 is 0 Å². The predicted molar refractivity (Wildman–Crippen MR) is 340 cm³/mol. The van der Waals surface area contributed by atoms with Crippen LogP contribution in [0.3, 0.4) is 0 Å². The predicted octanol–water partition coefficient (Wildman–Crippen LogP) is 21.2. The lowest BCUT2D eigenvalue weighted by Gasteiger charge is -2.17. The lowest BCUT2D eigenvalue weighted by Crippen LogP contribution is -2.20. The van der Waals surface area contributed by atoms with E-state index in [2.05, 4.69) is 156 Å². The van der Waals surface area contributed by atoms with E-state index < -0.39 is 35.2 Å². The molecule has 15 heteroatoms. The molecule has 0 spiro atoms. The summed E-state index contributed by atoms with van der Waals surface area (Å²) >= 11 is 2.95. The molecule has 0 saturated heterocycles. The molecular formula is C67H69BrClF9IN3. The molecule has 0 radical (unpaired) electrons. The Morgan fingerprint density at radius 1 is 0.463 bits per heavy atom. The summed E-state index contributed by atoms with van der Waals surface area (Å²) < 4.78 is 113. The molecule has 3 atom stereocenters. The van der Waals surface area contributed by atoms with Crippen molar-refractivity contribution in [1.29, 1.82) is 0 Å². The van der Waals surface area contributed by atoms with Crippen molar-refractivity contribution < 1.29 is 39.5 Å². The van der Waals surface area contributed by atoms with Crippen LogP contribution in [0.2, 0.25) is 0 Å². The smallest absolute Gasteiger partial charge is 0.310 e. The van der Waals surface area contributed by atoms with E-state index in [0.29, 0.717) is 29.0 Å². The molecule has 0 aliphatic rings. The van der Waals surface area contributed by atoms with E-state index in [1.54, 1.807) is 24.3 Å². The van der Waals surface area contributed by atoms with E-state index in [-0.39, 0.29) is 55.9 Å². The summed E-state index contributed by atoms with van der Waals surface area (Å²) in [6, 6.07) is 60.5. The van der Waals surface area contributed by atoms with Crippen LogP contribution < -0.4 is 16.0 Å². The minimum absolute atomic E-state index is 0. The number of hydrogen-bond acceptors (Lipinski definition) is 3. The third-order valence-corrected chi connectivity index (χ3v) is 13.5. The zero-order chi connectivity index (χ0) is 57.0. The van der Waals surface area contributed by atoms with E-state index in [9.17, 15) is 39.5 Å². The van der Waals surface area contributed by atoms with Gasteiger partial charge in [-0.2, -0.15) is 39.5 Å². The molecule has 3 nitrogen and oxygen atoms in total. The molecule has 0 aromatic heterocycles. The number of alkyl halides is 9. The quantitative estimate of drug-likeness (QED) is 0.0414. The molecule has 0 aliphatic carbocycles. The maximum atomic E-state index is 12.8. The molecule has 0 bridgehead atoms. The van der Waals surface area contributed by atoms with Gasteiger partial charge in [0.05, 0.1) is 16.7 Å². The van der Waals surface area contributed by atoms with Crippen LogP contribution >= 0.6 is 52.3 Å². The van der Waals surface area contributed by atoms with Gasteiger partial charge in [0.1, 0.15) is 0 Å². The Labute approximate surface area is 508 Å². The third kappa shape index (κ3) is 21.6. The molecule has 0 unspecified atom stereocenters. The zero-order valence-electron chi connectivity index (χ0n) is 44.9. The second-order valence-electron chi connectivity index (χ2n) is 18.8. The highest BCUT2D eigenvalue weighted by Gasteiger charge is 2.32. The topological polar surface area (TPSA) is 36.1 Å². The Morgan fingerprint density at radius 3 is 1.28 bits per heavy atom.